The Labute approximate surface area is 224 Å². The molecule has 0 saturated heterocycles. The molecule has 39 heavy (non-hydrogen) atoms. The highest BCUT2D eigenvalue weighted by atomic mass is 16.4. The molecule has 214 valence electrons. The number of aliphatic carboxylic acids is 2. The molecule has 2 rings (SSSR count). The van der Waals surface area contributed by atoms with Gasteiger partial charge in [0, 0.05) is 23.5 Å². The van der Waals surface area contributed by atoms with E-state index in [0.717, 1.165) is 10.9 Å². The number of nitrogens with two attached hydrogens (primary N) is 2. The van der Waals surface area contributed by atoms with E-state index in [1.54, 1.807) is 30.5 Å². The highest BCUT2D eigenvalue weighted by Gasteiger charge is 2.33. The Bertz CT molecular complexity index is 1170. The smallest absolute Gasteiger partial charge is 0.328 e. The number of H-pyrrole nitrogens is 1. The number of unbranched alkanes of at least 4 members (excludes halogenated alkanes) is 1. The van der Waals surface area contributed by atoms with Gasteiger partial charge >= 0.3 is 11.9 Å². The first-order valence-corrected chi connectivity index (χ1v) is 12.5. The van der Waals surface area contributed by atoms with Crippen LogP contribution in [-0.4, -0.2) is 86.8 Å². The Balaban J connectivity index is 2.29. The number of carboxylic acids is 2. The summed E-state index contributed by atoms with van der Waals surface area (Å²) in [6.07, 6.45) is 0.732. The Kier molecular flexibility index (Phi) is 11.8. The zero-order chi connectivity index (χ0) is 29.1. The van der Waals surface area contributed by atoms with E-state index in [2.05, 4.69) is 20.9 Å². The molecule has 11 N–H and O–H groups in total. The number of aromatic amines is 1. The summed E-state index contributed by atoms with van der Waals surface area (Å²) in [6.45, 7) is 1.59. The molecule has 0 aliphatic rings. The number of hydrogen-bond donors (Lipinski definition) is 9. The number of carbonyl (C=O) groups excluding carboxylic acids is 3. The van der Waals surface area contributed by atoms with Crippen LogP contribution < -0.4 is 27.4 Å². The summed E-state index contributed by atoms with van der Waals surface area (Å²) < 4.78 is 0. The Morgan fingerprint density at radius 2 is 1.59 bits per heavy atom. The number of aromatic nitrogens is 1. The van der Waals surface area contributed by atoms with Crippen molar-refractivity contribution in [1.29, 1.82) is 0 Å². The van der Waals surface area contributed by atoms with Crippen molar-refractivity contribution in [3.8, 4) is 0 Å². The normalized spacial score (nSPS) is 15.0. The summed E-state index contributed by atoms with van der Waals surface area (Å²) in [5, 5.41) is 36.2. The van der Waals surface area contributed by atoms with Gasteiger partial charge < -0.3 is 47.7 Å². The van der Waals surface area contributed by atoms with Crippen LogP contribution in [0.15, 0.2) is 30.5 Å². The van der Waals surface area contributed by atoms with E-state index in [-0.39, 0.29) is 12.8 Å². The topological polar surface area (TPSA) is 250 Å². The van der Waals surface area contributed by atoms with Crippen LogP contribution in [0.1, 0.15) is 38.2 Å². The minimum atomic E-state index is -1.67. The summed E-state index contributed by atoms with van der Waals surface area (Å²) in [5.74, 6) is -5.53. The number of fused-ring (bicyclic) bond motifs is 1. The molecule has 0 aliphatic heterocycles. The average molecular weight is 549 g/mol. The second-order valence-electron chi connectivity index (χ2n) is 9.24. The van der Waals surface area contributed by atoms with Gasteiger partial charge in [-0.1, -0.05) is 24.6 Å². The van der Waals surface area contributed by atoms with Crippen molar-refractivity contribution in [2.75, 3.05) is 6.54 Å². The third-order valence-corrected chi connectivity index (χ3v) is 6.10. The number of para-hydroxylation sites is 1. The predicted octanol–water partition coefficient (Wildman–Crippen LogP) is -1.44. The standard InChI is InChI=1S/C25H36N6O8/c1-13(32)21(25(38)39)31-24(37)18(10-14-12-28-17-8-3-2-6-15(14)17)30-23(36)19(11-20(33)34)29-22(35)16(27)7-4-5-9-26/h2-3,6,8,12-13,16,18-19,21,28,32H,4-5,7,9-11,26-27H2,1H3,(H,29,35)(H,30,36)(H,31,37)(H,33,34)(H,38,39). The van der Waals surface area contributed by atoms with Gasteiger partial charge in [-0.05, 0) is 37.9 Å². The maximum atomic E-state index is 13.2. The van der Waals surface area contributed by atoms with Gasteiger partial charge in [-0.15, -0.1) is 0 Å². The number of amides is 3. The molecule has 1 aromatic carbocycles. The second kappa shape index (κ2) is 14.8. The molecule has 0 aliphatic carbocycles. The van der Waals surface area contributed by atoms with Gasteiger partial charge in [0.05, 0.1) is 18.6 Å². The van der Waals surface area contributed by atoms with Crippen LogP contribution in [-0.2, 0) is 30.4 Å². The molecule has 0 bridgehead atoms. The Morgan fingerprint density at radius 1 is 0.949 bits per heavy atom. The van der Waals surface area contributed by atoms with Crippen LogP contribution in [0.3, 0.4) is 0 Å². The summed E-state index contributed by atoms with van der Waals surface area (Å²) in [6, 6.07) is 1.53. The van der Waals surface area contributed by atoms with Crippen molar-refractivity contribution in [2.45, 2.75) is 69.3 Å². The lowest BCUT2D eigenvalue weighted by Gasteiger charge is -2.25. The first-order valence-electron chi connectivity index (χ1n) is 12.5. The minimum Gasteiger partial charge on any atom is -0.481 e. The van der Waals surface area contributed by atoms with Gasteiger partial charge in [-0.3, -0.25) is 19.2 Å². The number of hydrogen-bond acceptors (Lipinski definition) is 8. The highest BCUT2D eigenvalue weighted by molar-refractivity contribution is 5.96. The van der Waals surface area contributed by atoms with Crippen LogP contribution in [0, 0.1) is 0 Å². The fourth-order valence-corrected chi connectivity index (χ4v) is 3.95. The lowest BCUT2D eigenvalue weighted by atomic mass is 10.0. The molecule has 0 radical (unpaired) electrons. The van der Waals surface area contributed by atoms with Gasteiger partial charge in [-0.25, -0.2) is 4.79 Å². The number of aliphatic hydroxyl groups excluding tert-OH is 1. The van der Waals surface area contributed by atoms with Gasteiger partial charge in [-0.2, -0.15) is 0 Å². The molecule has 0 saturated carbocycles. The van der Waals surface area contributed by atoms with Crippen molar-refractivity contribution >= 4 is 40.6 Å². The van der Waals surface area contributed by atoms with Crippen molar-refractivity contribution < 1.29 is 39.3 Å². The molecule has 5 atom stereocenters. The molecule has 1 heterocycles. The molecule has 1 aromatic heterocycles. The van der Waals surface area contributed by atoms with Crippen LogP contribution in [0.4, 0.5) is 0 Å². The van der Waals surface area contributed by atoms with E-state index in [1.165, 1.54) is 6.92 Å². The summed E-state index contributed by atoms with van der Waals surface area (Å²) in [5.41, 5.74) is 12.7. The summed E-state index contributed by atoms with van der Waals surface area (Å²) in [4.78, 5) is 64.8. The maximum absolute atomic E-state index is 13.2. The Morgan fingerprint density at radius 3 is 2.21 bits per heavy atom. The average Bonchev–Trinajstić information content (AvgIpc) is 3.28. The van der Waals surface area contributed by atoms with E-state index < -0.39 is 66.4 Å². The van der Waals surface area contributed by atoms with Crippen molar-refractivity contribution in [1.82, 2.24) is 20.9 Å². The molecular formula is C25H36N6O8. The minimum absolute atomic E-state index is 0.111. The highest BCUT2D eigenvalue weighted by Crippen LogP contribution is 2.19. The lowest BCUT2D eigenvalue weighted by molar-refractivity contribution is -0.145. The van der Waals surface area contributed by atoms with Crippen molar-refractivity contribution in [2.24, 2.45) is 11.5 Å². The zero-order valence-corrected chi connectivity index (χ0v) is 21.6. The van der Waals surface area contributed by atoms with Gasteiger partial charge in [0.2, 0.25) is 17.7 Å². The zero-order valence-electron chi connectivity index (χ0n) is 21.6. The quantitative estimate of drug-likeness (QED) is 0.110. The second-order valence-corrected chi connectivity index (χ2v) is 9.24. The van der Waals surface area contributed by atoms with Crippen LogP contribution in [0.25, 0.3) is 10.9 Å². The number of carbonyl (C=O) groups is 5. The van der Waals surface area contributed by atoms with Gasteiger partial charge in [0.15, 0.2) is 6.04 Å². The molecule has 14 heteroatoms. The fourth-order valence-electron chi connectivity index (χ4n) is 3.95. The fraction of sp³-hybridized carbons (Fsp3) is 0.480. The number of rotatable bonds is 16. The van der Waals surface area contributed by atoms with E-state index in [9.17, 15) is 39.3 Å². The van der Waals surface area contributed by atoms with Crippen molar-refractivity contribution in [3.63, 3.8) is 0 Å². The molecule has 2 aromatic rings. The molecule has 14 nitrogen and oxygen atoms in total. The summed E-state index contributed by atoms with van der Waals surface area (Å²) in [7, 11) is 0. The molecule has 3 amide bonds. The molecular weight excluding hydrogens is 512 g/mol. The third-order valence-electron chi connectivity index (χ3n) is 6.10. The Hall–Kier alpha value is -4.01. The number of carboxylic acid groups (broad SMARTS) is 2. The van der Waals surface area contributed by atoms with E-state index in [1.807, 2.05) is 0 Å². The van der Waals surface area contributed by atoms with Crippen LogP contribution >= 0.6 is 0 Å². The number of benzene rings is 1. The predicted molar refractivity (Wildman–Crippen MR) is 140 cm³/mol. The first kappa shape index (κ1) is 31.2. The molecule has 0 spiro atoms. The van der Waals surface area contributed by atoms with Crippen LogP contribution in [0.5, 0.6) is 0 Å². The van der Waals surface area contributed by atoms with Gasteiger partial charge in [0.1, 0.15) is 12.1 Å². The molecule has 5 unspecified atom stereocenters. The largest absolute Gasteiger partial charge is 0.481 e. The lowest BCUT2D eigenvalue weighted by Crippen LogP contribution is -2.59. The number of nitrogens with one attached hydrogen (secondary N) is 4. The third kappa shape index (κ3) is 9.35. The number of aliphatic hydroxyl groups is 1. The van der Waals surface area contributed by atoms with E-state index in [0.29, 0.717) is 24.9 Å². The van der Waals surface area contributed by atoms with Crippen LogP contribution in [0.2, 0.25) is 0 Å². The van der Waals surface area contributed by atoms with Crippen molar-refractivity contribution in [3.05, 3.63) is 36.0 Å². The first-order chi connectivity index (χ1) is 18.4. The van der Waals surface area contributed by atoms with Gasteiger partial charge in [0.25, 0.3) is 0 Å². The SMILES string of the molecule is CC(O)C(NC(=O)C(Cc1c[nH]c2ccccc12)NC(=O)C(CC(=O)O)NC(=O)C(N)CCCCN)C(=O)O. The van der Waals surface area contributed by atoms with E-state index in [4.69, 9.17) is 11.5 Å². The van der Waals surface area contributed by atoms with E-state index >= 15 is 0 Å². The maximum Gasteiger partial charge on any atom is 0.328 e. The monoisotopic (exact) mass is 548 g/mol. The molecule has 0 fully saturated rings. The summed E-state index contributed by atoms with van der Waals surface area (Å²) >= 11 is 0.